The van der Waals surface area contributed by atoms with Crippen molar-refractivity contribution in [2.45, 2.75) is 46.1 Å². The van der Waals surface area contributed by atoms with Crippen LogP contribution in [0.3, 0.4) is 0 Å². The minimum absolute atomic E-state index is 0.0118. The number of likely N-dealkylation sites (tertiary alicyclic amines) is 1. The van der Waals surface area contributed by atoms with Gasteiger partial charge in [0.2, 0.25) is 17.7 Å². The molecule has 2 heterocycles. The van der Waals surface area contributed by atoms with Gasteiger partial charge >= 0.3 is 0 Å². The fourth-order valence-corrected chi connectivity index (χ4v) is 4.83. The first-order chi connectivity index (χ1) is 17.2. The molecule has 0 aromatic heterocycles. The van der Waals surface area contributed by atoms with E-state index in [2.05, 4.69) is 10.6 Å². The fourth-order valence-electron chi connectivity index (χ4n) is 4.83. The van der Waals surface area contributed by atoms with E-state index in [0.29, 0.717) is 43.7 Å². The van der Waals surface area contributed by atoms with Gasteiger partial charge in [0.1, 0.15) is 0 Å². The van der Waals surface area contributed by atoms with Crippen LogP contribution in [0.5, 0.6) is 0 Å². The minimum atomic E-state index is -0.365. The van der Waals surface area contributed by atoms with Crippen molar-refractivity contribution in [2.24, 2.45) is 11.8 Å². The number of nitrogens with zero attached hydrogens (tertiary/aromatic N) is 2. The molecule has 2 N–H and O–H groups in total. The van der Waals surface area contributed by atoms with Gasteiger partial charge in [-0.25, -0.2) is 0 Å². The van der Waals surface area contributed by atoms with Gasteiger partial charge in [-0.2, -0.15) is 0 Å². The number of carbonyl (C=O) groups excluding carboxylic acids is 4. The van der Waals surface area contributed by atoms with Gasteiger partial charge in [-0.05, 0) is 57.9 Å². The second-order valence-electron chi connectivity index (χ2n) is 10.0. The zero-order chi connectivity index (χ0) is 25.8. The van der Waals surface area contributed by atoms with E-state index in [1.165, 1.54) is 0 Å². The molecule has 8 nitrogen and oxygen atoms in total. The van der Waals surface area contributed by atoms with E-state index in [1.54, 1.807) is 34.1 Å². The van der Waals surface area contributed by atoms with Crippen LogP contribution in [0.2, 0.25) is 0 Å². The van der Waals surface area contributed by atoms with E-state index in [9.17, 15) is 19.2 Å². The summed E-state index contributed by atoms with van der Waals surface area (Å²) in [5.41, 5.74) is 2.85. The summed E-state index contributed by atoms with van der Waals surface area (Å²) in [4.78, 5) is 54.7. The first-order valence-electron chi connectivity index (χ1n) is 12.6. The molecule has 2 saturated heterocycles. The summed E-state index contributed by atoms with van der Waals surface area (Å²) < 4.78 is 0. The Hall–Kier alpha value is -3.68. The molecule has 0 radical (unpaired) electrons. The third kappa shape index (κ3) is 5.75. The minimum Gasteiger partial charge on any atom is -0.350 e. The van der Waals surface area contributed by atoms with E-state index in [0.717, 1.165) is 11.3 Å². The van der Waals surface area contributed by atoms with Gasteiger partial charge < -0.3 is 20.4 Å². The van der Waals surface area contributed by atoms with Crippen molar-refractivity contribution >= 4 is 35.0 Å². The monoisotopic (exact) mass is 490 g/mol. The molecule has 1 atom stereocenters. The second kappa shape index (κ2) is 10.9. The van der Waals surface area contributed by atoms with Gasteiger partial charge in [0.25, 0.3) is 5.91 Å². The maximum atomic E-state index is 13.2. The zero-order valence-corrected chi connectivity index (χ0v) is 21.1. The number of benzene rings is 2. The van der Waals surface area contributed by atoms with Crippen molar-refractivity contribution in [1.29, 1.82) is 0 Å². The fraction of sp³-hybridized carbons (Fsp3) is 0.429. The molecule has 0 aliphatic carbocycles. The van der Waals surface area contributed by atoms with Gasteiger partial charge in [0, 0.05) is 43.7 Å². The molecular weight excluding hydrogens is 456 g/mol. The van der Waals surface area contributed by atoms with E-state index < -0.39 is 0 Å². The molecule has 190 valence electrons. The lowest BCUT2D eigenvalue weighted by molar-refractivity contribution is -0.138. The van der Waals surface area contributed by atoms with Crippen molar-refractivity contribution in [3.05, 3.63) is 59.7 Å². The number of para-hydroxylation sites is 1. The normalized spacial score (nSPS) is 18.4. The summed E-state index contributed by atoms with van der Waals surface area (Å²) in [5, 5.41) is 5.77. The molecule has 2 aliphatic heterocycles. The standard InChI is InChI=1S/C28H34N4O4/c1-18(2)29-27(35)23-6-4-5-7-24(23)30-26(34)20-12-14-31(15-13-20)28(36)21-16-25(33)32(17-21)22-10-8-19(3)9-11-22/h4-11,18,20-21H,12-17H2,1-3H3,(H,29,35)(H,30,34). The Balaban J connectivity index is 1.31. The Morgan fingerprint density at radius 3 is 2.28 bits per heavy atom. The molecule has 2 aliphatic rings. The van der Waals surface area contributed by atoms with Crippen LogP contribution in [0.4, 0.5) is 11.4 Å². The van der Waals surface area contributed by atoms with Crippen molar-refractivity contribution in [3.8, 4) is 0 Å². The van der Waals surface area contributed by atoms with Crippen LogP contribution >= 0.6 is 0 Å². The molecule has 8 heteroatoms. The Bertz CT molecular complexity index is 1140. The van der Waals surface area contributed by atoms with Gasteiger partial charge in [-0.15, -0.1) is 0 Å². The molecule has 0 bridgehead atoms. The summed E-state index contributed by atoms with van der Waals surface area (Å²) in [7, 11) is 0. The van der Waals surface area contributed by atoms with Gasteiger partial charge in [-0.3, -0.25) is 19.2 Å². The molecule has 2 aromatic rings. The van der Waals surface area contributed by atoms with Crippen molar-refractivity contribution in [2.75, 3.05) is 29.9 Å². The Labute approximate surface area is 212 Å². The van der Waals surface area contributed by atoms with Crippen LogP contribution in [0.15, 0.2) is 48.5 Å². The molecule has 36 heavy (non-hydrogen) atoms. The van der Waals surface area contributed by atoms with Crippen molar-refractivity contribution < 1.29 is 19.2 Å². The van der Waals surface area contributed by atoms with Crippen LogP contribution < -0.4 is 15.5 Å². The first-order valence-corrected chi connectivity index (χ1v) is 12.6. The van der Waals surface area contributed by atoms with Gasteiger partial charge in [-0.1, -0.05) is 29.8 Å². The maximum Gasteiger partial charge on any atom is 0.253 e. The summed E-state index contributed by atoms with van der Waals surface area (Å²) in [6.45, 7) is 7.10. The highest BCUT2D eigenvalue weighted by molar-refractivity contribution is 6.04. The van der Waals surface area contributed by atoms with E-state index in [1.807, 2.05) is 45.0 Å². The highest BCUT2D eigenvalue weighted by Crippen LogP contribution is 2.28. The highest BCUT2D eigenvalue weighted by atomic mass is 16.2. The SMILES string of the molecule is Cc1ccc(N2CC(C(=O)N3CCC(C(=O)Nc4ccccc4C(=O)NC(C)C)CC3)CC2=O)cc1. The third-order valence-electron chi connectivity index (χ3n) is 6.85. The smallest absolute Gasteiger partial charge is 0.253 e. The molecular formula is C28H34N4O4. The molecule has 0 spiro atoms. The van der Waals surface area contributed by atoms with Gasteiger partial charge in [0.15, 0.2) is 0 Å². The average molecular weight is 491 g/mol. The quantitative estimate of drug-likeness (QED) is 0.649. The topological polar surface area (TPSA) is 98.8 Å². The predicted molar refractivity (Wildman–Crippen MR) is 139 cm³/mol. The van der Waals surface area contributed by atoms with Crippen LogP contribution in [-0.2, 0) is 14.4 Å². The highest BCUT2D eigenvalue weighted by Gasteiger charge is 2.38. The molecule has 4 rings (SSSR count). The molecule has 2 aromatic carbocycles. The van der Waals surface area contributed by atoms with Crippen LogP contribution in [0.25, 0.3) is 0 Å². The van der Waals surface area contributed by atoms with Crippen molar-refractivity contribution in [1.82, 2.24) is 10.2 Å². The van der Waals surface area contributed by atoms with Crippen molar-refractivity contribution in [3.63, 3.8) is 0 Å². The van der Waals surface area contributed by atoms with Crippen LogP contribution in [-0.4, -0.2) is 54.2 Å². The van der Waals surface area contributed by atoms with Gasteiger partial charge in [0.05, 0.1) is 17.2 Å². The molecule has 0 saturated carbocycles. The molecule has 4 amide bonds. The Morgan fingerprint density at radius 2 is 1.61 bits per heavy atom. The number of aryl methyl sites for hydroxylation is 1. The number of amides is 4. The summed E-state index contributed by atoms with van der Waals surface area (Å²) in [6.07, 6.45) is 1.29. The predicted octanol–water partition coefficient (Wildman–Crippen LogP) is 3.36. The Kier molecular flexibility index (Phi) is 7.72. The number of hydrogen-bond acceptors (Lipinski definition) is 4. The number of hydrogen-bond donors (Lipinski definition) is 2. The second-order valence-corrected chi connectivity index (χ2v) is 10.0. The number of piperidine rings is 1. The number of anilines is 2. The van der Waals surface area contributed by atoms with Crippen LogP contribution in [0, 0.1) is 18.8 Å². The first kappa shape index (κ1) is 25.4. The summed E-state index contributed by atoms with van der Waals surface area (Å²) >= 11 is 0. The third-order valence-corrected chi connectivity index (χ3v) is 6.85. The number of carbonyl (C=O) groups is 4. The number of nitrogens with one attached hydrogen (secondary N) is 2. The van der Waals surface area contributed by atoms with Crippen LogP contribution in [0.1, 0.15) is 49.0 Å². The lowest BCUT2D eigenvalue weighted by atomic mass is 9.94. The Morgan fingerprint density at radius 1 is 0.944 bits per heavy atom. The van der Waals surface area contributed by atoms with E-state index in [4.69, 9.17) is 0 Å². The summed E-state index contributed by atoms with van der Waals surface area (Å²) in [5.74, 6) is -1.04. The molecule has 2 fully saturated rings. The number of rotatable bonds is 6. The zero-order valence-electron chi connectivity index (χ0n) is 21.1. The molecule has 1 unspecified atom stereocenters. The largest absolute Gasteiger partial charge is 0.350 e. The lowest BCUT2D eigenvalue weighted by Crippen LogP contribution is -2.44. The average Bonchev–Trinajstić information content (AvgIpc) is 3.25. The van der Waals surface area contributed by atoms with E-state index in [-0.39, 0.29) is 47.9 Å². The lowest BCUT2D eigenvalue weighted by Gasteiger charge is -2.33. The maximum absolute atomic E-state index is 13.2. The summed E-state index contributed by atoms with van der Waals surface area (Å²) in [6, 6.07) is 14.7. The van der Waals surface area contributed by atoms with E-state index >= 15 is 0 Å².